The van der Waals surface area contributed by atoms with E-state index in [2.05, 4.69) is 6.07 Å². The predicted molar refractivity (Wildman–Crippen MR) is 80.5 cm³/mol. The molecule has 0 aromatic heterocycles. The first-order chi connectivity index (χ1) is 10.4. The molecular formula is C14H19FN4O2S. The molecule has 1 aromatic rings. The maximum atomic E-state index is 13.0. The molecule has 1 atom stereocenters. The van der Waals surface area contributed by atoms with E-state index in [4.69, 9.17) is 0 Å². The van der Waals surface area contributed by atoms with Gasteiger partial charge in [0.25, 0.3) is 10.2 Å². The minimum atomic E-state index is -3.42. The lowest BCUT2D eigenvalue weighted by atomic mass is 10.1. The normalized spacial score (nSPS) is 19.0. The molecule has 0 radical (unpaired) electrons. The molecule has 0 spiro atoms. The SMILES string of the molecule is CN(C)S(=O)(=O)N1CCN(C(C#N)c2ccc(F)cc2)CC1. The zero-order valence-corrected chi connectivity index (χ0v) is 13.4. The maximum absolute atomic E-state index is 13.0. The second kappa shape index (κ2) is 6.71. The summed E-state index contributed by atoms with van der Waals surface area (Å²) in [6, 6.07) is 7.54. The summed E-state index contributed by atoms with van der Waals surface area (Å²) in [5, 5.41) is 9.39. The molecule has 0 bridgehead atoms. The molecule has 6 nitrogen and oxygen atoms in total. The van der Waals surface area contributed by atoms with Gasteiger partial charge in [0.1, 0.15) is 11.9 Å². The third-order valence-electron chi connectivity index (χ3n) is 3.73. The fraction of sp³-hybridized carbons (Fsp3) is 0.500. The Hall–Kier alpha value is -1.53. The summed E-state index contributed by atoms with van der Waals surface area (Å²) in [4.78, 5) is 1.91. The van der Waals surface area contributed by atoms with Gasteiger partial charge in [0.2, 0.25) is 0 Å². The van der Waals surface area contributed by atoms with Crippen LogP contribution in [0, 0.1) is 17.1 Å². The van der Waals surface area contributed by atoms with E-state index in [1.807, 2.05) is 4.90 Å². The van der Waals surface area contributed by atoms with Crippen LogP contribution in [-0.4, -0.2) is 62.2 Å². The van der Waals surface area contributed by atoms with Crippen molar-refractivity contribution in [3.05, 3.63) is 35.6 Å². The second-order valence-corrected chi connectivity index (χ2v) is 7.45. The van der Waals surface area contributed by atoms with E-state index in [-0.39, 0.29) is 5.82 Å². The maximum Gasteiger partial charge on any atom is 0.281 e. The first kappa shape index (κ1) is 16.8. The molecule has 1 heterocycles. The van der Waals surface area contributed by atoms with Gasteiger partial charge in [-0.25, -0.2) is 4.39 Å². The Bertz CT molecular complexity index is 646. The third-order valence-corrected chi connectivity index (χ3v) is 5.67. The van der Waals surface area contributed by atoms with Crippen LogP contribution in [-0.2, 0) is 10.2 Å². The summed E-state index contributed by atoms with van der Waals surface area (Å²) in [5.41, 5.74) is 0.716. The fourth-order valence-electron chi connectivity index (χ4n) is 2.44. The van der Waals surface area contributed by atoms with Gasteiger partial charge in [-0.3, -0.25) is 4.90 Å². The summed E-state index contributed by atoms with van der Waals surface area (Å²) in [6.45, 7) is 1.59. The third kappa shape index (κ3) is 3.44. The van der Waals surface area contributed by atoms with Crippen molar-refractivity contribution in [1.82, 2.24) is 13.5 Å². The molecule has 0 aliphatic carbocycles. The van der Waals surface area contributed by atoms with Crippen molar-refractivity contribution in [3.63, 3.8) is 0 Å². The molecule has 1 aliphatic heterocycles. The van der Waals surface area contributed by atoms with E-state index < -0.39 is 16.3 Å². The van der Waals surface area contributed by atoms with Gasteiger partial charge in [0.05, 0.1) is 6.07 Å². The van der Waals surface area contributed by atoms with E-state index in [0.717, 1.165) is 0 Å². The minimum absolute atomic E-state index is 0.333. The van der Waals surface area contributed by atoms with Crippen LogP contribution < -0.4 is 0 Å². The smallest absolute Gasteiger partial charge is 0.281 e. The van der Waals surface area contributed by atoms with Crippen LogP contribution >= 0.6 is 0 Å². The molecule has 1 unspecified atom stereocenters. The molecule has 0 amide bonds. The van der Waals surface area contributed by atoms with Crippen LogP contribution in [0.15, 0.2) is 24.3 Å². The van der Waals surface area contributed by atoms with Gasteiger partial charge in [0.15, 0.2) is 0 Å². The summed E-state index contributed by atoms with van der Waals surface area (Å²) in [6.07, 6.45) is 0. The van der Waals surface area contributed by atoms with E-state index in [0.29, 0.717) is 31.7 Å². The number of piperazine rings is 1. The molecule has 0 saturated carbocycles. The molecule has 0 N–H and O–H groups in total. The molecule has 1 saturated heterocycles. The number of nitrogens with zero attached hydrogens (tertiary/aromatic N) is 4. The van der Waals surface area contributed by atoms with Crippen molar-refractivity contribution < 1.29 is 12.8 Å². The van der Waals surface area contributed by atoms with Crippen LogP contribution in [0.5, 0.6) is 0 Å². The zero-order valence-electron chi connectivity index (χ0n) is 12.6. The lowest BCUT2D eigenvalue weighted by Gasteiger charge is -2.37. The zero-order chi connectivity index (χ0) is 16.3. The van der Waals surface area contributed by atoms with E-state index in [1.165, 1.54) is 34.8 Å². The summed E-state index contributed by atoms with van der Waals surface area (Å²) >= 11 is 0. The molecule has 2 rings (SSSR count). The van der Waals surface area contributed by atoms with Gasteiger partial charge in [-0.2, -0.15) is 22.3 Å². The fourth-order valence-corrected chi connectivity index (χ4v) is 3.52. The summed E-state index contributed by atoms with van der Waals surface area (Å²) < 4.78 is 39.7. The van der Waals surface area contributed by atoms with Gasteiger partial charge in [-0.1, -0.05) is 12.1 Å². The van der Waals surface area contributed by atoms with Crippen molar-refractivity contribution in [1.29, 1.82) is 5.26 Å². The first-order valence-electron chi connectivity index (χ1n) is 6.93. The Balaban J connectivity index is 2.07. The highest BCUT2D eigenvalue weighted by Gasteiger charge is 2.31. The number of rotatable bonds is 4. The Kier molecular flexibility index (Phi) is 5.13. The Labute approximate surface area is 130 Å². The number of hydrogen-bond donors (Lipinski definition) is 0. The van der Waals surface area contributed by atoms with Crippen molar-refractivity contribution in [2.24, 2.45) is 0 Å². The van der Waals surface area contributed by atoms with Gasteiger partial charge in [-0.15, -0.1) is 0 Å². The molecule has 1 fully saturated rings. The number of benzene rings is 1. The second-order valence-electron chi connectivity index (χ2n) is 5.31. The minimum Gasteiger partial charge on any atom is -0.282 e. The monoisotopic (exact) mass is 326 g/mol. The van der Waals surface area contributed by atoms with Crippen molar-refractivity contribution >= 4 is 10.2 Å². The van der Waals surface area contributed by atoms with Crippen LogP contribution in [0.1, 0.15) is 11.6 Å². The average Bonchev–Trinajstić information content (AvgIpc) is 2.50. The van der Waals surface area contributed by atoms with E-state index >= 15 is 0 Å². The van der Waals surface area contributed by atoms with E-state index in [9.17, 15) is 18.1 Å². The summed E-state index contributed by atoms with van der Waals surface area (Å²) in [5.74, 6) is -0.345. The van der Waals surface area contributed by atoms with Crippen molar-refractivity contribution in [2.45, 2.75) is 6.04 Å². The molecule has 8 heteroatoms. The quantitative estimate of drug-likeness (QED) is 0.821. The van der Waals surface area contributed by atoms with Gasteiger partial charge in [-0.05, 0) is 17.7 Å². The van der Waals surface area contributed by atoms with Gasteiger partial charge >= 0.3 is 0 Å². The molecule has 22 heavy (non-hydrogen) atoms. The van der Waals surface area contributed by atoms with Gasteiger partial charge < -0.3 is 0 Å². The first-order valence-corrected chi connectivity index (χ1v) is 8.32. The highest BCUT2D eigenvalue weighted by atomic mass is 32.2. The van der Waals surface area contributed by atoms with Crippen molar-refractivity contribution in [3.8, 4) is 6.07 Å². The van der Waals surface area contributed by atoms with Gasteiger partial charge in [0, 0.05) is 40.3 Å². The molecular weight excluding hydrogens is 307 g/mol. The largest absolute Gasteiger partial charge is 0.282 e. The molecule has 1 aromatic carbocycles. The summed E-state index contributed by atoms with van der Waals surface area (Å²) in [7, 11) is -0.422. The lowest BCUT2D eigenvalue weighted by molar-refractivity contribution is 0.159. The number of hydrogen-bond acceptors (Lipinski definition) is 4. The van der Waals surface area contributed by atoms with Crippen LogP contribution in [0.4, 0.5) is 4.39 Å². The average molecular weight is 326 g/mol. The Morgan fingerprint density at radius 3 is 2.18 bits per heavy atom. The van der Waals surface area contributed by atoms with Crippen LogP contribution in [0.3, 0.4) is 0 Å². The lowest BCUT2D eigenvalue weighted by Crippen LogP contribution is -2.52. The Morgan fingerprint density at radius 2 is 1.73 bits per heavy atom. The standard InChI is InChI=1S/C14H19FN4O2S/c1-17(2)22(20,21)19-9-7-18(8-10-19)14(11-16)12-3-5-13(15)6-4-12/h3-6,14H,7-10H2,1-2H3. The number of halogens is 1. The van der Waals surface area contributed by atoms with Crippen molar-refractivity contribution in [2.75, 3.05) is 40.3 Å². The Morgan fingerprint density at radius 1 is 1.18 bits per heavy atom. The topological polar surface area (TPSA) is 67.7 Å². The predicted octanol–water partition coefficient (Wildman–Crippen LogP) is 0.814. The van der Waals surface area contributed by atoms with E-state index in [1.54, 1.807) is 12.1 Å². The number of nitriles is 1. The molecule has 120 valence electrons. The highest BCUT2D eigenvalue weighted by molar-refractivity contribution is 7.86. The van der Waals surface area contributed by atoms with Crippen LogP contribution in [0.2, 0.25) is 0 Å². The highest BCUT2D eigenvalue weighted by Crippen LogP contribution is 2.22. The molecule has 1 aliphatic rings. The van der Waals surface area contributed by atoms with Crippen LogP contribution in [0.25, 0.3) is 0 Å².